The minimum absolute atomic E-state index is 0.227. The Morgan fingerprint density at radius 1 is 1.21 bits per heavy atom. The summed E-state index contributed by atoms with van der Waals surface area (Å²) in [5.74, 6) is 1.33. The van der Waals surface area contributed by atoms with Gasteiger partial charge in [-0.3, -0.25) is 0 Å². The minimum atomic E-state index is -0.354. The van der Waals surface area contributed by atoms with E-state index < -0.39 is 0 Å². The lowest BCUT2D eigenvalue weighted by molar-refractivity contribution is 0.184. The van der Waals surface area contributed by atoms with Gasteiger partial charge in [0.25, 0.3) is 0 Å². The van der Waals surface area contributed by atoms with E-state index in [0.29, 0.717) is 5.89 Å². The number of amides is 2. The first-order chi connectivity index (χ1) is 13.6. The fourth-order valence-electron chi connectivity index (χ4n) is 3.67. The summed E-state index contributed by atoms with van der Waals surface area (Å²) < 4.78 is 10.7. The number of nitrogens with zero attached hydrogens (tertiary/aromatic N) is 1. The second-order valence-electron chi connectivity index (χ2n) is 7.06. The number of rotatable bonds is 5. The molecule has 4 rings (SSSR count). The van der Waals surface area contributed by atoms with Gasteiger partial charge < -0.3 is 19.8 Å². The molecular weight excluding hydrogens is 354 g/mol. The van der Waals surface area contributed by atoms with E-state index in [1.165, 1.54) is 6.26 Å². The van der Waals surface area contributed by atoms with Gasteiger partial charge in [0.2, 0.25) is 5.89 Å². The van der Waals surface area contributed by atoms with E-state index in [4.69, 9.17) is 9.15 Å². The topological polar surface area (TPSA) is 76.4 Å². The van der Waals surface area contributed by atoms with Gasteiger partial charge in [-0.05, 0) is 61.6 Å². The summed E-state index contributed by atoms with van der Waals surface area (Å²) in [5.41, 5.74) is 3.21. The molecule has 0 saturated heterocycles. The van der Waals surface area contributed by atoms with Crippen molar-refractivity contribution in [1.82, 2.24) is 10.3 Å². The monoisotopic (exact) mass is 377 g/mol. The first-order valence-electron chi connectivity index (χ1n) is 9.34. The first-order valence-corrected chi connectivity index (χ1v) is 9.34. The summed E-state index contributed by atoms with van der Waals surface area (Å²) in [6.07, 6.45) is 6.04. The van der Waals surface area contributed by atoms with E-state index >= 15 is 0 Å². The summed E-state index contributed by atoms with van der Waals surface area (Å²) >= 11 is 0. The molecule has 0 spiro atoms. The van der Waals surface area contributed by atoms with Crippen LogP contribution >= 0.6 is 0 Å². The van der Waals surface area contributed by atoms with Crippen LogP contribution in [0.4, 0.5) is 10.5 Å². The third-order valence-electron chi connectivity index (χ3n) is 5.43. The van der Waals surface area contributed by atoms with Crippen LogP contribution in [0.2, 0.25) is 0 Å². The second-order valence-corrected chi connectivity index (χ2v) is 7.06. The van der Waals surface area contributed by atoms with E-state index in [1.54, 1.807) is 13.3 Å². The Bertz CT molecular complexity index is 978. The SMILES string of the molecule is COc1cccc(C2(NC(=O)Nc3cccc(-c4ncco4)c3C)CCC2)c1. The summed E-state index contributed by atoms with van der Waals surface area (Å²) in [6, 6.07) is 13.3. The van der Waals surface area contributed by atoms with Gasteiger partial charge in [0.05, 0.1) is 18.8 Å². The highest BCUT2D eigenvalue weighted by Gasteiger charge is 2.40. The molecule has 1 heterocycles. The summed E-state index contributed by atoms with van der Waals surface area (Å²) in [6.45, 7) is 1.94. The normalized spacial score (nSPS) is 14.8. The molecule has 2 amide bonds. The summed E-state index contributed by atoms with van der Waals surface area (Å²) in [5, 5.41) is 6.17. The molecule has 2 N–H and O–H groups in total. The van der Waals surface area contributed by atoms with Crippen molar-refractivity contribution in [3.63, 3.8) is 0 Å². The molecule has 6 nitrogen and oxygen atoms in total. The third-order valence-corrected chi connectivity index (χ3v) is 5.43. The van der Waals surface area contributed by atoms with Gasteiger partial charge >= 0.3 is 6.03 Å². The lowest BCUT2D eigenvalue weighted by atomic mass is 9.72. The molecule has 3 aromatic rings. The van der Waals surface area contributed by atoms with Gasteiger partial charge in [-0.25, -0.2) is 9.78 Å². The molecule has 144 valence electrons. The Hall–Kier alpha value is -3.28. The first kappa shape index (κ1) is 18.1. The maximum atomic E-state index is 12.8. The Labute approximate surface area is 163 Å². The highest BCUT2D eigenvalue weighted by Crippen LogP contribution is 2.42. The van der Waals surface area contributed by atoms with Gasteiger partial charge in [0, 0.05) is 11.3 Å². The van der Waals surface area contributed by atoms with Crippen LogP contribution in [-0.4, -0.2) is 18.1 Å². The van der Waals surface area contributed by atoms with E-state index in [9.17, 15) is 4.79 Å². The minimum Gasteiger partial charge on any atom is -0.497 e. The van der Waals surface area contributed by atoms with Crippen LogP contribution in [0.15, 0.2) is 59.3 Å². The zero-order valence-corrected chi connectivity index (χ0v) is 16.0. The number of hydrogen-bond donors (Lipinski definition) is 2. The van der Waals surface area contributed by atoms with Crippen LogP contribution in [0.25, 0.3) is 11.5 Å². The van der Waals surface area contributed by atoms with Crippen LogP contribution in [0.3, 0.4) is 0 Å². The number of carbonyl (C=O) groups excluding carboxylic acids is 1. The van der Waals surface area contributed by atoms with Crippen molar-refractivity contribution in [1.29, 1.82) is 0 Å². The van der Waals surface area contributed by atoms with Gasteiger partial charge in [0.15, 0.2) is 0 Å². The number of nitrogens with one attached hydrogen (secondary N) is 2. The molecule has 0 aliphatic heterocycles. The van der Waals surface area contributed by atoms with Crippen LogP contribution in [-0.2, 0) is 5.54 Å². The molecule has 0 bridgehead atoms. The zero-order valence-electron chi connectivity index (χ0n) is 16.0. The van der Waals surface area contributed by atoms with Crippen LogP contribution < -0.4 is 15.4 Å². The highest BCUT2D eigenvalue weighted by atomic mass is 16.5. The number of oxazole rings is 1. The molecule has 0 atom stereocenters. The Balaban J connectivity index is 1.53. The molecule has 1 saturated carbocycles. The van der Waals surface area contributed by atoms with Gasteiger partial charge in [-0.15, -0.1) is 0 Å². The lowest BCUT2D eigenvalue weighted by Crippen LogP contribution is -2.52. The largest absolute Gasteiger partial charge is 0.497 e. The van der Waals surface area contributed by atoms with Crippen molar-refractivity contribution in [2.24, 2.45) is 0 Å². The fourth-order valence-corrected chi connectivity index (χ4v) is 3.67. The molecule has 28 heavy (non-hydrogen) atoms. The van der Waals surface area contributed by atoms with E-state index in [0.717, 1.165) is 47.4 Å². The molecule has 1 aliphatic carbocycles. The van der Waals surface area contributed by atoms with Crippen molar-refractivity contribution >= 4 is 11.7 Å². The van der Waals surface area contributed by atoms with E-state index in [-0.39, 0.29) is 11.6 Å². The summed E-state index contributed by atoms with van der Waals surface area (Å²) in [7, 11) is 1.65. The number of anilines is 1. The second kappa shape index (κ2) is 7.38. The Morgan fingerprint density at radius 2 is 2.04 bits per heavy atom. The number of benzene rings is 2. The molecule has 2 aromatic carbocycles. The number of hydrogen-bond acceptors (Lipinski definition) is 4. The number of ether oxygens (including phenoxy) is 1. The van der Waals surface area contributed by atoms with Gasteiger partial charge in [-0.2, -0.15) is 0 Å². The predicted molar refractivity (Wildman–Crippen MR) is 107 cm³/mol. The highest BCUT2D eigenvalue weighted by molar-refractivity contribution is 5.92. The molecular formula is C22H23N3O3. The molecule has 0 radical (unpaired) electrons. The fraction of sp³-hybridized carbons (Fsp3) is 0.273. The van der Waals surface area contributed by atoms with Crippen LogP contribution in [0.5, 0.6) is 5.75 Å². The number of aromatic nitrogens is 1. The zero-order chi connectivity index (χ0) is 19.6. The number of carbonyl (C=O) groups is 1. The van der Waals surface area contributed by atoms with E-state index in [1.807, 2.05) is 49.4 Å². The van der Waals surface area contributed by atoms with Crippen molar-refractivity contribution < 1.29 is 13.9 Å². The van der Waals surface area contributed by atoms with Crippen LogP contribution in [0.1, 0.15) is 30.4 Å². The molecule has 6 heteroatoms. The van der Waals surface area contributed by atoms with Gasteiger partial charge in [0.1, 0.15) is 12.0 Å². The van der Waals surface area contributed by atoms with Crippen molar-refractivity contribution in [2.45, 2.75) is 31.7 Å². The number of urea groups is 1. The molecule has 1 aromatic heterocycles. The molecule has 1 aliphatic rings. The predicted octanol–water partition coefficient (Wildman–Crippen LogP) is 4.86. The molecule has 0 unspecified atom stereocenters. The number of methoxy groups -OCH3 is 1. The summed E-state index contributed by atoms with van der Waals surface area (Å²) in [4.78, 5) is 17.0. The van der Waals surface area contributed by atoms with Crippen molar-refractivity contribution in [3.8, 4) is 17.2 Å². The maximum absolute atomic E-state index is 12.8. The van der Waals surface area contributed by atoms with Crippen LogP contribution in [0, 0.1) is 6.92 Å². The third kappa shape index (κ3) is 3.33. The average molecular weight is 377 g/mol. The van der Waals surface area contributed by atoms with Crippen molar-refractivity contribution in [2.75, 3.05) is 12.4 Å². The maximum Gasteiger partial charge on any atom is 0.319 e. The lowest BCUT2D eigenvalue weighted by Gasteiger charge is -2.43. The van der Waals surface area contributed by atoms with Crippen molar-refractivity contribution in [3.05, 3.63) is 66.1 Å². The van der Waals surface area contributed by atoms with Gasteiger partial charge in [-0.1, -0.05) is 18.2 Å². The standard InChI is InChI=1S/C22H23N3O3/c1-15-18(20-23-12-13-28-20)8-4-9-19(15)24-21(26)25-22(10-5-11-22)16-6-3-7-17(14-16)27-2/h3-4,6-9,12-14H,5,10-11H2,1-2H3,(H2,24,25,26). The average Bonchev–Trinajstić information content (AvgIpc) is 3.21. The smallest absolute Gasteiger partial charge is 0.319 e. The Morgan fingerprint density at radius 3 is 2.71 bits per heavy atom. The van der Waals surface area contributed by atoms with E-state index in [2.05, 4.69) is 15.6 Å². The molecule has 1 fully saturated rings. The Kier molecular flexibility index (Phi) is 4.77. The quantitative estimate of drug-likeness (QED) is 0.666.